The van der Waals surface area contributed by atoms with Crippen molar-refractivity contribution in [3.8, 4) is 11.5 Å². The normalized spacial score (nSPS) is 21.9. The molecule has 5 nitrogen and oxygen atoms in total. The number of hydrogen-bond donors (Lipinski definition) is 2. The Morgan fingerprint density at radius 3 is 2.57 bits per heavy atom. The van der Waals surface area contributed by atoms with Crippen molar-refractivity contribution in [3.63, 3.8) is 0 Å². The number of carboxylic acid groups (broad SMARTS) is 1. The molecule has 0 radical (unpaired) electrons. The Morgan fingerprint density at radius 2 is 1.95 bits per heavy atom. The second-order valence-electron chi connectivity index (χ2n) is 5.25. The van der Waals surface area contributed by atoms with Gasteiger partial charge in [-0.2, -0.15) is 0 Å². The minimum absolute atomic E-state index is 0. The molecule has 6 heteroatoms. The number of aliphatic imine (C=N–C) groups is 1. The molecule has 1 aromatic rings. The SMILES string of the molecule is O=C([O-])C1CCC(CN=Cc2cccc(O)c2O)CC1.[Na+]. The van der Waals surface area contributed by atoms with E-state index in [0.717, 1.165) is 12.8 Å². The zero-order chi connectivity index (χ0) is 14.5. The van der Waals surface area contributed by atoms with E-state index in [1.54, 1.807) is 18.3 Å². The van der Waals surface area contributed by atoms with Gasteiger partial charge in [0.05, 0.1) is 0 Å². The Kier molecular flexibility index (Phi) is 7.22. The third-order valence-corrected chi connectivity index (χ3v) is 3.82. The van der Waals surface area contributed by atoms with Gasteiger partial charge < -0.3 is 20.1 Å². The van der Waals surface area contributed by atoms with E-state index in [-0.39, 0.29) is 47.0 Å². The average molecular weight is 299 g/mol. The molecule has 1 saturated carbocycles. The van der Waals surface area contributed by atoms with Crippen molar-refractivity contribution in [1.82, 2.24) is 0 Å². The Balaban J connectivity index is 0.00000220. The summed E-state index contributed by atoms with van der Waals surface area (Å²) in [5, 5.41) is 29.7. The number of nitrogens with zero attached hydrogens (tertiary/aromatic N) is 1. The van der Waals surface area contributed by atoms with Gasteiger partial charge in [-0.15, -0.1) is 0 Å². The van der Waals surface area contributed by atoms with Gasteiger partial charge in [0.1, 0.15) is 0 Å². The van der Waals surface area contributed by atoms with Crippen molar-refractivity contribution in [2.75, 3.05) is 6.54 Å². The van der Waals surface area contributed by atoms with Crippen LogP contribution >= 0.6 is 0 Å². The summed E-state index contributed by atoms with van der Waals surface area (Å²) in [5.41, 5.74) is 0.480. The van der Waals surface area contributed by atoms with Gasteiger partial charge in [0.15, 0.2) is 11.5 Å². The van der Waals surface area contributed by atoms with Crippen LogP contribution in [0.4, 0.5) is 0 Å². The number of phenolic OH excluding ortho intramolecular Hbond substituents is 2. The molecule has 2 N–H and O–H groups in total. The van der Waals surface area contributed by atoms with Crippen LogP contribution in [0, 0.1) is 11.8 Å². The van der Waals surface area contributed by atoms with E-state index < -0.39 is 5.97 Å². The monoisotopic (exact) mass is 299 g/mol. The first-order chi connectivity index (χ1) is 9.58. The van der Waals surface area contributed by atoms with Crippen LogP contribution in [0.2, 0.25) is 0 Å². The van der Waals surface area contributed by atoms with Crippen LogP contribution in [-0.2, 0) is 4.79 Å². The van der Waals surface area contributed by atoms with Crippen LogP contribution < -0.4 is 34.7 Å². The largest absolute Gasteiger partial charge is 1.00 e. The third kappa shape index (κ3) is 5.02. The van der Waals surface area contributed by atoms with Gasteiger partial charge in [-0.25, -0.2) is 0 Å². The molecule has 21 heavy (non-hydrogen) atoms. The molecule has 0 aromatic heterocycles. The predicted octanol–water partition coefficient (Wildman–Crippen LogP) is -1.92. The zero-order valence-corrected chi connectivity index (χ0v) is 14.2. The standard InChI is InChI=1S/C15H19NO4.Na/c17-13-3-1-2-12(14(13)18)9-16-8-10-4-6-11(7-5-10)15(19)20;/h1-3,9-11,17-18H,4-8H2,(H,19,20);/q;+1/p-1. The molecule has 1 aliphatic carbocycles. The third-order valence-electron chi connectivity index (χ3n) is 3.82. The van der Waals surface area contributed by atoms with Crippen LogP contribution in [0.3, 0.4) is 0 Å². The maximum Gasteiger partial charge on any atom is 1.00 e. The summed E-state index contributed by atoms with van der Waals surface area (Å²) in [6.07, 6.45) is 4.52. The summed E-state index contributed by atoms with van der Waals surface area (Å²) in [5.74, 6) is -1.22. The van der Waals surface area contributed by atoms with Gasteiger partial charge >= 0.3 is 29.6 Å². The van der Waals surface area contributed by atoms with Crippen LogP contribution in [0.15, 0.2) is 23.2 Å². The minimum Gasteiger partial charge on any atom is -0.550 e. The number of rotatable bonds is 4. The van der Waals surface area contributed by atoms with E-state index in [2.05, 4.69) is 4.99 Å². The number of phenols is 2. The molecule has 108 valence electrons. The fourth-order valence-corrected chi connectivity index (χ4v) is 2.53. The first kappa shape index (κ1) is 18.0. The van der Waals surface area contributed by atoms with E-state index in [9.17, 15) is 20.1 Å². The Labute approximate surface area is 146 Å². The Bertz CT molecular complexity index is 510. The maximum atomic E-state index is 10.7. The number of aliphatic carboxylic acids is 1. The van der Waals surface area contributed by atoms with E-state index >= 15 is 0 Å². The summed E-state index contributed by atoms with van der Waals surface area (Å²) in [6.45, 7) is 0.606. The molecule has 1 fully saturated rings. The number of carboxylic acids is 1. The van der Waals surface area contributed by atoms with Gasteiger partial charge in [0, 0.05) is 24.3 Å². The zero-order valence-electron chi connectivity index (χ0n) is 12.2. The van der Waals surface area contributed by atoms with Crippen LogP contribution in [-0.4, -0.2) is 28.9 Å². The fourth-order valence-electron chi connectivity index (χ4n) is 2.53. The van der Waals surface area contributed by atoms with Gasteiger partial charge in [-0.05, 0) is 49.7 Å². The molecule has 0 saturated heterocycles. The molecule has 0 heterocycles. The second-order valence-corrected chi connectivity index (χ2v) is 5.25. The van der Waals surface area contributed by atoms with Crippen LogP contribution in [0.25, 0.3) is 0 Å². The molecule has 1 aliphatic rings. The van der Waals surface area contributed by atoms with Gasteiger partial charge in [0.2, 0.25) is 0 Å². The van der Waals surface area contributed by atoms with Crippen molar-refractivity contribution >= 4 is 12.2 Å². The summed E-state index contributed by atoms with van der Waals surface area (Å²) in [7, 11) is 0. The average Bonchev–Trinajstić information content (AvgIpc) is 2.44. The predicted molar refractivity (Wildman–Crippen MR) is 72.7 cm³/mol. The molecular formula is C15H18NNaO4. The molecule has 0 atom stereocenters. The summed E-state index contributed by atoms with van der Waals surface area (Å²) >= 11 is 0. The number of aromatic hydroxyl groups is 2. The topological polar surface area (TPSA) is 93.0 Å². The number of para-hydroxylation sites is 1. The molecule has 0 spiro atoms. The summed E-state index contributed by atoms with van der Waals surface area (Å²) < 4.78 is 0. The molecule has 0 unspecified atom stereocenters. The molecule has 2 rings (SSSR count). The molecule has 0 amide bonds. The van der Waals surface area contributed by atoms with Crippen LogP contribution in [0.1, 0.15) is 31.2 Å². The van der Waals surface area contributed by atoms with Crippen LogP contribution in [0.5, 0.6) is 11.5 Å². The number of hydrogen-bond acceptors (Lipinski definition) is 5. The first-order valence-corrected chi connectivity index (χ1v) is 6.79. The summed E-state index contributed by atoms with van der Waals surface area (Å²) in [6, 6.07) is 4.72. The fraction of sp³-hybridized carbons (Fsp3) is 0.467. The van der Waals surface area contributed by atoms with Crippen molar-refractivity contribution < 1.29 is 49.7 Å². The van der Waals surface area contributed by atoms with Crippen molar-refractivity contribution in [1.29, 1.82) is 0 Å². The van der Waals surface area contributed by atoms with Crippen molar-refractivity contribution in [2.45, 2.75) is 25.7 Å². The molecule has 0 aliphatic heterocycles. The smallest absolute Gasteiger partial charge is 0.550 e. The van der Waals surface area contributed by atoms with Crippen molar-refractivity contribution in [2.24, 2.45) is 16.8 Å². The summed E-state index contributed by atoms with van der Waals surface area (Å²) in [4.78, 5) is 15.0. The molecule has 1 aromatic carbocycles. The number of carbonyl (C=O) groups is 1. The quantitative estimate of drug-likeness (QED) is 0.385. The molecular weight excluding hydrogens is 281 g/mol. The maximum absolute atomic E-state index is 10.7. The Hall–Kier alpha value is -1.04. The second kappa shape index (κ2) is 8.41. The molecule has 0 bridgehead atoms. The number of benzene rings is 1. The van der Waals surface area contributed by atoms with E-state index in [1.165, 1.54) is 6.07 Å². The minimum atomic E-state index is -0.948. The van der Waals surface area contributed by atoms with Gasteiger partial charge in [0.25, 0.3) is 0 Å². The van der Waals surface area contributed by atoms with Gasteiger partial charge in [-0.1, -0.05) is 6.07 Å². The number of carbonyl (C=O) groups excluding carboxylic acids is 1. The first-order valence-electron chi connectivity index (χ1n) is 6.79. The van der Waals surface area contributed by atoms with Gasteiger partial charge in [-0.3, -0.25) is 4.99 Å². The van der Waals surface area contributed by atoms with E-state index in [1.807, 2.05) is 0 Å². The Morgan fingerprint density at radius 1 is 1.29 bits per heavy atom. The van der Waals surface area contributed by atoms with Crippen molar-refractivity contribution in [3.05, 3.63) is 23.8 Å². The van der Waals surface area contributed by atoms with E-state index in [0.29, 0.717) is 30.9 Å². The van der Waals surface area contributed by atoms with E-state index in [4.69, 9.17) is 0 Å².